The van der Waals surface area contributed by atoms with Gasteiger partial charge in [-0.2, -0.15) is 0 Å². The van der Waals surface area contributed by atoms with Crippen molar-refractivity contribution >= 4 is 70.7 Å². The Bertz CT molecular complexity index is 2640. The van der Waals surface area contributed by atoms with Gasteiger partial charge in [-0.15, -0.1) is 11.8 Å². The number of nitrogens with one attached hydrogen (secondary N) is 4. The van der Waals surface area contributed by atoms with Crippen LogP contribution in [0.1, 0.15) is 50.3 Å². The van der Waals surface area contributed by atoms with Crippen molar-refractivity contribution in [2.75, 3.05) is 19.6 Å². The summed E-state index contributed by atoms with van der Waals surface area (Å²) in [5.74, 6) is -3.64. The number of likely N-dealkylation sites (tertiary alicyclic amines) is 1. The molecule has 4 aliphatic heterocycles. The molecule has 3 fully saturated rings. The van der Waals surface area contributed by atoms with Crippen LogP contribution in [0.25, 0.3) is 0 Å². The number of esters is 1. The summed E-state index contributed by atoms with van der Waals surface area (Å²) in [6.07, 6.45) is -2.46. The Morgan fingerprint density at radius 3 is 1.78 bits per heavy atom. The van der Waals surface area contributed by atoms with Crippen molar-refractivity contribution in [3.8, 4) is 0 Å². The van der Waals surface area contributed by atoms with Gasteiger partial charge in [-0.05, 0) is 79.8 Å². The van der Waals surface area contributed by atoms with E-state index in [9.17, 15) is 64.2 Å². The predicted molar refractivity (Wildman–Crippen MR) is 256 cm³/mol. The monoisotopic (exact) mass is 1030 g/mol. The third-order valence-electron chi connectivity index (χ3n) is 12.5. The number of hydrogen-bond donors (Lipinski definition) is 5. The molecule has 73 heavy (non-hydrogen) atoms. The number of aliphatic imine (C=N–C) groups is 1. The summed E-state index contributed by atoms with van der Waals surface area (Å²) < 4.78 is 16.0. The van der Waals surface area contributed by atoms with Gasteiger partial charge in [0.15, 0.2) is 0 Å². The number of ether oxygens (including phenoxy) is 3. The number of fused-ring (bicyclic) bond motifs is 1. The summed E-state index contributed by atoms with van der Waals surface area (Å²) in [4.78, 5) is 119. The predicted octanol–water partition coefficient (Wildman–Crippen LogP) is 3.30. The molecule has 386 valence electrons. The first-order valence-corrected chi connectivity index (χ1v) is 23.7. The van der Waals surface area contributed by atoms with Gasteiger partial charge in [-0.3, -0.25) is 55.4 Å². The molecule has 0 bridgehead atoms. The molecular weight excluding hydrogens is 981 g/mol. The molecule has 0 spiro atoms. The van der Waals surface area contributed by atoms with Crippen molar-refractivity contribution in [1.29, 1.82) is 0 Å². The highest BCUT2D eigenvalue weighted by atomic mass is 32.2. The number of carbonyl (C=O) groups excluding carboxylic acids is 6. The van der Waals surface area contributed by atoms with Crippen LogP contribution in [0.3, 0.4) is 0 Å². The number of aliphatic hydroxyl groups excluding tert-OH is 1. The largest absolute Gasteiger partial charge is 0.456 e. The average molecular weight is 1030 g/mol. The van der Waals surface area contributed by atoms with Gasteiger partial charge in [0.1, 0.15) is 31.6 Å². The summed E-state index contributed by atoms with van der Waals surface area (Å²) in [6.45, 7) is 4.72. The van der Waals surface area contributed by atoms with Crippen LogP contribution >= 0.6 is 11.8 Å². The molecule has 26 nitrogen and oxygen atoms in total. The maximum Gasteiger partial charge on any atom is 0.414 e. The molecule has 0 saturated carbocycles. The summed E-state index contributed by atoms with van der Waals surface area (Å²) in [5.41, 5.74) is 0.877. The number of non-ortho nitro benzene ring substituents is 3. The Balaban J connectivity index is 0.943. The number of alkyl carbamates (subject to hydrolysis) is 2. The van der Waals surface area contributed by atoms with Gasteiger partial charge in [-0.1, -0.05) is 6.92 Å². The van der Waals surface area contributed by atoms with Gasteiger partial charge in [0.2, 0.25) is 23.7 Å². The van der Waals surface area contributed by atoms with E-state index in [1.54, 1.807) is 4.90 Å². The van der Waals surface area contributed by atoms with Crippen molar-refractivity contribution in [1.82, 2.24) is 31.1 Å². The van der Waals surface area contributed by atoms with E-state index >= 15 is 0 Å². The number of benzene rings is 3. The second-order valence-corrected chi connectivity index (χ2v) is 18.9. The second-order valence-electron chi connectivity index (χ2n) is 17.6. The molecule has 0 aliphatic carbocycles. The molecule has 3 aromatic carbocycles. The van der Waals surface area contributed by atoms with E-state index in [1.807, 2.05) is 6.92 Å². The first kappa shape index (κ1) is 52.8. The van der Waals surface area contributed by atoms with Gasteiger partial charge in [0, 0.05) is 78.1 Å². The lowest BCUT2D eigenvalue weighted by Crippen LogP contribution is -2.63. The van der Waals surface area contributed by atoms with E-state index in [4.69, 9.17) is 14.2 Å². The summed E-state index contributed by atoms with van der Waals surface area (Å²) in [7, 11) is 0. The molecule has 5 N–H and O–H groups in total. The number of aliphatic hydroxyl groups is 1. The fourth-order valence-electron chi connectivity index (χ4n) is 8.72. The molecule has 3 aromatic rings. The molecule has 4 heterocycles. The fraction of sp³-hybridized carbons (Fsp3) is 0.413. The molecule has 0 aromatic heterocycles. The van der Waals surface area contributed by atoms with Gasteiger partial charge < -0.3 is 39.8 Å². The summed E-state index contributed by atoms with van der Waals surface area (Å²) in [6, 6.07) is 13.1. The Kier molecular flexibility index (Phi) is 16.6. The summed E-state index contributed by atoms with van der Waals surface area (Å²) >= 11 is 1.36. The van der Waals surface area contributed by atoms with E-state index < -0.39 is 86.9 Å². The van der Waals surface area contributed by atoms with E-state index in [2.05, 4.69) is 26.3 Å². The van der Waals surface area contributed by atoms with Crippen LogP contribution in [0.2, 0.25) is 0 Å². The number of nitrogens with zero attached hydrogens (tertiary/aromatic N) is 6. The molecular formula is C46H50N10O16S. The zero-order chi connectivity index (χ0) is 52.7. The Morgan fingerprint density at radius 1 is 0.808 bits per heavy atom. The van der Waals surface area contributed by atoms with Gasteiger partial charge in [0.25, 0.3) is 17.1 Å². The number of β-lactam (4-membered cyclic amide) rings is 1. The van der Waals surface area contributed by atoms with Crippen LogP contribution < -0.4 is 21.3 Å². The highest BCUT2D eigenvalue weighted by Crippen LogP contribution is 2.52. The third-order valence-corrected chi connectivity index (χ3v) is 14.0. The molecule has 27 heteroatoms. The van der Waals surface area contributed by atoms with Gasteiger partial charge in [-0.25, -0.2) is 19.4 Å². The number of guanidine groups is 1. The number of nitro groups is 3. The SMILES string of the molecule is C[C@H](N=C(NC(=O)OCc1ccc([N+](=O)[O-])cc1)NC(=O)OCc1ccc([N+](=O)[O-])cc1)C(=O)N[C@H]1CCN(C(=O)[C@@H]2C[C@H](SC3=C(C(=O)OCc4ccc([N+](=O)[O-])cc4)N4C(=O)[C@H]([C@@H](C)O)[C@H]4[C@H]3C)CN2)C1. The smallest absolute Gasteiger partial charge is 0.414 e. The zero-order valence-corrected chi connectivity index (χ0v) is 40.2. The van der Waals surface area contributed by atoms with E-state index in [0.29, 0.717) is 47.5 Å². The molecule has 0 radical (unpaired) electrons. The minimum Gasteiger partial charge on any atom is -0.456 e. The second kappa shape index (κ2) is 23.0. The van der Waals surface area contributed by atoms with Crippen molar-refractivity contribution in [2.45, 2.75) is 89.0 Å². The molecule has 8 atom stereocenters. The van der Waals surface area contributed by atoms with E-state index in [-0.39, 0.29) is 66.2 Å². The fourth-order valence-corrected chi connectivity index (χ4v) is 10.2. The molecule has 5 amide bonds. The van der Waals surface area contributed by atoms with Crippen LogP contribution in [-0.2, 0) is 53.2 Å². The minimum absolute atomic E-state index is 0.0655. The topological polar surface area (TPSA) is 347 Å². The molecule has 4 aliphatic rings. The lowest BCUT2D eigenvalue weighted by molar-refractivity contribution is -0.385. The minimum atomic E-state index is -1.24. The van der Waals surface area contributed by atoms with Gasteiger partial charge in [0.05, 0.1) is 38.9 Å². The van der Waals surface area contributed by atoms with Crippen molar-refractivity contribution in [3.05, 3.63) is 130 Å². The number of thioether (sulfide) groups is 1. The average Bonchev–Trinajstić information content (AvgIpc) is 4.09. The first-order chi connectivity index (χ1) is 34.8. The first-order valence-electron chi connectivity index (χ1n) is 22.8. The molecule has 3 saturated heterocycles. The standard InChI is InChI=1S/C46H50N10O16S/c1-24-37-36(26(3)57)42(60)53(37)38(43(61)70-21-27-4-10-31(11-5-27)54(64)65)39(24)73-34-18-35(47-19-34)41(59)52-17-16-30(20-52)49-40(58)25(2)48-44(50-45(62)71-22-28-6-12-32(13-7-28)55(66)67)51-46(63)72-23-29-8-14-33(15-9-29)56(68)69/h4-15,24-26,30,34-37,47,57H,16-23H2,1-3H3,(H,49,58)(H2,48,50,51,62,63)/t24-,25+,26-,30+,34+,35+,36-,37-/m1/s1. The highest BCUT2D eigenvalue weighted by Gasteiger charge is 2.60. The number of carbonyl (C=O) groups is 6. The third kappa shape index (κ3) is 12.7. The van der Waals surface area contributed by atoms with Crippen LogP contribution in [0, 0.1) is 42.2 Å². The Hall–Kier alpha value is -8.04. The Labute approximate surface area is 419 Å². The lowest BCUT2D eigenvalue weighted by atomic mass is 9.79. The lowest BCUT2D eigenvalue weighted by Gasteiger charge is -2.46. The number of hydrogen-bond acceptors (Lipinski definition) is 19. The van der Waals surface area contributed by atoms with E-state index in [1.165, 1.54) is 103 Å². The van der Waals surface area contributed by atoms with Gasteiger partial charge >= 0.3 is 18.2 Å². The molecule has 0 unspecified atom stereocenters. The van der Waals surface area contributed by atoms with Crippen molar-refractivity contribution < 1.29 is 62.9 Å². The number of nitro benzene ring substituents is 3. The number of rotatable bonds is 17. The zero-order valence-electron chi connectivity index (χ0n) is 39.4. The van der Waals surface area contributed by atoms with Crippen LogP contribution in [0.4, 0.5) is 26.7 Å². The maximum absolute atomic E-state index is 13.9. The summed E-state index contributed by atoms with van der Waals surface area (Å²) in [5, 5.41) is 53.9. The van der Waals surface area contributed by atoms with Crippen molar-refractivity contribution in [3.63, 3.8) is 0 Å². The normalized spacial score (nSPS) is 21.7. The van der Waals surface area contributed by atoms with E-state index in [0.717, 1.165) is 0 Å². The molecule has 7 rings (SSSR count). The highest BCUT2D eigenvalue weighted by molar-refractivity contribution is 8.03. The maximum atomic E-state index is 13.9. The van der Waals surface area contributed by atoms with Crippen LogP contribution in [-0.4, -0.2) is 127 Å². The number of amides is 5. The van der Waals surface area contributed by atoms with Crippen molar-refractivity contribution in [2.24, 2.45) is 16.8 Å². The Morgan fingerprint density at radius 2 is 1.30 bits per heavy atom. The quantitative estimate of drug-likeness (QED) is 0.0246. The van der Waals surface area contributed by atoms with Crippen LogP contribution in [0.5, 0.6) is 0 Å². The van der Waals surface area contributed by atoms with Crippen LogP contribution in [0.15, 0.2) is 88.4 Å².